The maximum absolute atomic E-state index is 12.7. The van der Waals surface area contributed by atoms with E-state index in [1.807, 2.05) is 0 Å². The van der Waals surface area contributed by atoms with Crippen molar-refractivity contribution in [2.75, 3.05) is 32.8 Å². The Hall–Kier alpha value is -0.730. The second-order valence-electron chi connectivity index (χ2n) is 3.97. The SMILES string of the molecule is O=C1CC(S(=O)(=O)F)CN1CCCNCCO. The number of hydrogen-bond donors (Lipinski definition) is 2. The van der Waals surface area contributed by atoms with Gasteiger partial charge < -0.3 is 15.3 Å². The van der Waals surface area contributed by atoms with Gasteiger partial charge in [0.15, 0.2) is 0 Å². The fourth-order valence-electron chi connectivity index (χ4n) is 1.74. The highest BCUT2D eigenvalue weighted by molar-refractivity contribution is 7.87. The van der Waals surface area contributed by atoms with Gasteiger partial charge in [0.2, 0.25) is 5.91 Å². The van der Waals surface area contributed by atoms with Crippen LogP contribution in [-0.2, 0) is 15.0 Å². The molecule has 1 saturated heterocycles. The Balaban J connectivity index is 2.29. The minimum atomic E-state index is -4.62. The molecule has 0 aromatic carbocycles. The van der Waals surface area contributed by atoms with E-state index in [4.69, 9.17) is 5.11 Å². The molecular weight excluding hydrogens is 251 g/mol. The normalized spacial score (nSPS) is 21.2. The lowest BCUT2D eigenvalue weighted by Crippen LogP contribution is -2.30. The number of halogens is 1. The molecule has 1 rings (SSSR count). The van der Waals surface area contributed by atoms with Crippen molar-refractivity contribution in [3.05, 3.63) is 0 Å². The third-order valence-corrected chi connectivity index (χ3v) is 3.76. The van der Waals surface area contributed by atoms with Crippen LogP contribution in [0.3, 0.4) is 0 Å². The largest absolute Gasteiger partial charge is 0.395 e. The number of hydrogen-bond acceptors (Lipinski definition) is 5. The second kappa shape index (κ2) is 6.27. The number of aliphatic hydroxyl groups is 1. The summed E-state index contributed by atoms with van der Waals surface area (Å²) >= 11 is 0. The molecule has 2 N–H and O–H groups in total. The number of nitrogens with one attached hydrogen (secondary N) is 1. The van der Waals surface area contributed by atoms with E-state index in [9.17, 15) is 17.1 Å². The van der Waals surface area contributed by atoms with Gasteiger partial charge in [-0.2, -0.15) is 8.42 Å². The van der Waals surface area contributed by atoms with Crippen molar-refractivity contribution >= 4 is 16.1 Å². The van der Waals surface area contributed by atoms with Gasteiger partial charge in [0.05, 0.1) is 6.61 Å². The first-order chi connectivity index (χ1) is 7.95. The van der Waals surface area contributed by atoms with E-state index in [1.165, 1.54) is 4.90 Å². The van der Waals surface area contributed by atoms with Crippen LogP contribution < -0.4 is 5.32 Å². The van der Waals surface area contributed by atoms with Crippen molar-refractivity contribution in [2.24, 2.45) is 0 Å². The summed E-state index contributed by atoms with van der Waals surface area (Å²) < 4.78 is 34.0. The number of aliphatic hydroxyl groups excluding tert-OH is 1. The van der Waals surface area contributed by atoms with Crippen molar-refractivity contribution in [3.8, 4) is 0 Å². The summed E-state index contributed by atoms with van der Waals surface area (Å²) in [5, 5.41) is 10.2. The molecule has 17 heavy (non-hydrogen) atoms. The lowest BCUT2D eigenvalue weighted by atomic mass is 10.4. The van der Waals surface area contributed by atoms with Crippen LogP contribution in [-0.4, -0.2) is 62.4 Å². The predicted molar refractivity (Wildman–Crippen MR) is 59.6 cm³/mol. The standard InChI is InChI=1S/C9H17FN2O4S/c10-17(15,16)8-6-9(14)12(7-8)4-1-2-11-3-5-13/h8,11,13H,1-7H2. The molecule has 1 fully saturated rings. The molecule has 1 amide bonds. The summed E-state index contributed by atoms with van der Waals surface area (Å²) in [6.45, 7) is 1.50. The molecule has 100 valence electrons. The number of rotatable bonds is 7. The molecule has 1 aliphatic rings. The molecule has 0 spiro atoms. The molecule has 1 aliphatic heterocycles. The molecular formula is C9H17FN2O4S. The number of carbonyl (C=O) groups excluding carboxylic acids is 1. The average Bonchev–Trinajstić information content (AvgIpc) is 2.60. The molecule has 0 bridgehead atoms. The van der Waals surface area contributed by atoms with Crippen LogP contribution in [0.25, 0.3) is 0 Å². The smallest absolute Gasteiger partial charge is 0.307 e. The first-order valence-corrected chi connectivity index (χ1v) is 6.92. The van der Waals surface area contributed by atoms with E-state index in [0.717, 1.165) is 0 Å². The third kappa shape index (κ3) is 4.57. The Labute approximate surface area is 100 Å². The number of nitrogens with zero attached hydrogens (tertiary/aromatic N) is 1. The molecule has 6 nitrogen and oxygen atoms in total. The fourth-order valence-corrected chi connectivity index (χ4v) is 2.44. The molecule has 8 heteroatoms. The Morgan fingerprint density at radius 1 is 1.47 bits per heavy atom. The zero-order valence-corrected chi connectivity index (χ0v) is 10.2. The minimum Gasteiger partial charge on any atom is -0.395 e. The van der Waals surface area contributed by atoms with Gasteiger partial charge in [-0.1, -0.05) is 0 Å². The zero-order chi connectivity index (χ0) is 12.9. The lowest BCUT2D eigenvalue weighted by Gasteiger charge is -2.15. The number of carbonyl (C=O) groups is 1. The van der Waals surface area contributed by atoms with E-state index in [-0.39, 0.29) is 25.5 Å². The number of likely N-dealkylation sites (tertiary alicyclic amines) is 1. The fraction of sp³-hybridized carbons (Fsp3) is 0.889. The van der Waals surface area contributed by atoms with Gasteiger partial charge in [0, 0.05) is 26.1 Å². The van der Waals surface area contributed by atoms with Crippen LogP contribution >= 0.6 is 0 Å². The van der Waals surface area contributed by atoms with Crippen molar-refractivity contribution in [1.82, 2.24) is 10.2 Å². The predicted octanol–water partition coefficient (Wildman–Crippen LogP) is -1.14. The van der Waals surface area contributed by atoms with Crippen molar-refractivity contribution < 1.29 is 22.2 Å². The molecule has 1 heterocycles. The van der Waals surface area contributed by atoms with Gasteiger partial charge >= 0.3 is 10.2 Å². The maximum Gasteiger partial charge on any atom is 0.307 e. The van der Waals surface area contributed by atoms with Crippen LogP contribution in [0.1, 0.15) is 12.8 Å². The Morgan fingerprint density at radius 3 is 2.71 bits per heavy atom. The first kappa shape index (κ1) is 14.3. The van der Waals surface area contributed by atoms with Crippen LogP contribution in [0.2, 0.25) is 0 Å². The van der Waals surface area contributed by atoms with Crippen molar-refractivity contribution in [1.29, 1.82) is 0 Å². The Bertz CT molecular complexity index is 360. The average molecular weight is 268 g/mol. The molecule has 0 saturated carbocycles. The first-order valence-electron chi connectivity index (χ1n) is 5.48. The monoisotopic (exact) mass is 268 g/mol. The molecule has 0 aromatic rings. The Morgan fingerprint density at radius 2 is 2.18 bits per heavy atom. The summed E-state index contributed by atoms with van der Waals surface area (Å²) in [6.07, 6.45) is 0.383. The van der Waals surface area contributed by atoms with Gasteiger partial charge in [-0.15, -0.1) is 3.89 Å². The van der Waals surface area contributed by atoms with Crippen molar-refractivity contribution in [2.45, 2.75) is 18.1 Å². The van der Waals surface area contributed by atoms with Gasteiger partial charge in [0.25, 0.3) is 0 Å². The lowest BCUT2D eigenvalue weighted by molar-refractivity contribution is -0.127. The highest BCUT2D eigenvalue weighted by Gasteiger charge is 2.37. The third-order valence-electron chi connectivity index (χ3n) is 2.65. The summed E-state index contributed by atoms with van der Waals surface area (Å²) in [6, 6.07) is 0. The second-order valence-corrected chi connectivity index (χ2v) is 5.59. The van der Waals surface area contributed by atoms with Crippen LogP contribution in [0.5, 0.6) is 0 Å². The van der Waals surface area contributed by atoms with Crippen LogP contribution in [0.15, 0.2) is 0 Å². The Kier molecular flexibility index (Phi) is 5.29. The van der Waals surface area contributed by atoms with Gasteiger partial charge in [0.1, 0.15) is 5.25 Å². The topological polar surface area (TPSA) is 86.7 Å². The zero-order valence-electron chi connectivity index (χ0n) is 9.43. The van der Waals surface area contributed by atoms with Crippen LogP contribution in [0, 0.1) is 0 Å². The molecule has 0 aliphatic carbocycles. The molecule has 0 aromatic heterocycles. The molecule has 0 radical (unpaired) electrons. The highest BCUT2D eigenvalue weighted by Crippen LogP contribution is 2.19. The van der Waals surface area contributed by atoms with E-state index in [1.54, 1.807) is 0 Å². The van der Waals surface area contributed by atoms with Gasteiger partial charge in [-0.3, -0.25) is 4.79 Å². The summed E-state index contributed by atoms with van der Waals surface area (Å²) in [7, 11) is -4.62. The van der Waals surface area contributed by atoms with Crippen LogP contribution in [0.4, 0.5) is 3.89 Å². The molecule has 1 unspecified atom stereocenters. The summed E-state index contributed by atoms with van der Waals surface area (Å²) in [5.41, 5.74) is 0. The van der Waals surface area contributed by atoms with E-state index >= 15 is 0 Å². The number of amides is 1. The van der Waals surface area contributed by atoms with Crippen molar-refractivity contribution in [3.63, 3.8) is 0 Å². The van der Waals surface area contributed by atoms with Gasteiger partial charge in [-0.25, -0.2) is 0 Å². The van der Waals surface area contributed by atoms with E-state index in [2.05, 4.69) is 5.32 Å². The minimum absolute atomic E-state index is 0.0464. The van der Waals surface area contributed by atoms with E-state index in [0.29, 0.717) is 26.1 Å². The molecule has 1 atom stereocenters. The maximum atomic E-state index is 12.7. The van der Waals surface area contributed by atoms with Gasteiger partial charge in [-0.05, 0) is 13.0 Å². The summed E-state index contributed by atoms with van der Waals surface area (Å²) in [5.74, 6) is -0.321. The highest BCUT2D eigenvalue weighted by atomic mass is 32.3. The quantitative estimate of drug-likeness (QED) is 0.450. The summed E-state index contributed by atoms with van der Waals surface area (Å²) in [4.78, 5) is 12.7. The van der Waals surface area contributed by atoms with E-state index < -0.39 is 15.5 Å².